The minimum absolute atomic E-state index is 0.0797. The van der Waals surface area contributed by atoms with Crippen molar-refractivity contribution in [2.75, 3.05) is 105 Å². The van der Waals surface area contributed by atoms with E-state index in [0.717, 1.165) is 0 Å². The molecule has 0 aromatic heterocycles. The van der Waals surface area contributed by atoms with Crippen molar-refractivity contribution in [2.24, 2.45) is 0 Å². The zero-order valence-corrected chi connectivity index (χ0v) is 23.5. The van der Waals surface area contributed by atoms with Crippen LogP contribution >= 0.6 is 0 Å². The van der Waals surface area contributed by atoms with E-state index in [0.29, 0.717) is 0 Å². The number of aliphatic carboxylic acids is 3. The van der Waals surface area contributed by atoms with Gasteiger partial charge >= 0.3 is 17.9 Å². The molecule has 18 nitrogen and oxygen atoms in total. The van der Waals surface area contributed by atoms with Crippen molar-refractivity contribution in [1.29, 1.82) is 0 Å². The van der Waals surface area contributed by atoms with Crippen LogP contribution in [0.1, 0.15) is 0 Å². The predicted octanol–water partition coefficient (Wildman–Crippen LogP) is -5.97. The molecule has 18 heteroatoms. The van der Waals surface area contributed by atoms with E-state index in [2.05, 4.69) is 5.32 Å². The number of nitrogens with zero attached hydrogens (tertiary/aromatic N) is 4. The zero-order chi connectivity index (χ0) is 31.7. The van der Waals surface area contributed by atoms with Crippen molar-refractivity contribution in [2.45, 2.75) is 24.2 Å². The van der Waals surface area contributed by atoms with E-state index >= 15 is 0 Å². The Labute approximate surface area is 243 Å². The van der Waals surface area contributed by atoms with Crippen LogP contribution in [0.2, 0.25) is 0 Å². The van der Waals surface area contributed by atoms with Crippen molar-refractivity contribution in [3.63, 3.8) is 0 Å². The van der Waals surface area contributed by atoms with E-state index in [9.17, 15) is 54.9 Å². The molecule has 0 aromatic rings. The van der Waals surface area contributed by atoms with Gasteiger partial charge in [0.1, 0.15) is 0 Å². The molecule has 0 aromatic carbocycles. The second-order valence-electron chi connectivity index (χ2n) is 9.93. The smallest absolute Gasteiger partial charge is 0.317 e. The highest BCUT2D eigenvalue weighted by Crippen LogP contribution is 2.16. The number of ether oxygens (including phenoxy) is 1. The molecule has 0 aliphatic carbocycles. The first kappa shape index (κ1) is 37.5. The Morgan fingerprint density at radius 3 is 1.19 bits per heavy atom. The van der Waals surface area contributed by atoms with Crippen LogP contribution < -0.4 is 5.32 Å². The van der Waals surface area contributed by atoms with Gasteiger partial charge < -0.3 is 50.9 Å². The van der Waals surface area contributed by atoms with Gasteiger partial charge in [-0.25, -0.2) is 0 Å². The number of carboxylic acids is 3. The molecule has 1 heterocycles. The highest BCUT2D eigenvalue weighted by Gasteiger charge is 2.36. The Balaban J connectivity index is 3.52. The number of nitrogens with one attached hydrogen (secondary N) is 1. The zero-order valence-electron chi connectivity index (χ0n) is 23.5. The molecule has 1 aliphatic heterocycles. The van der Waals surface area contributed by atoms with Gasteiger partial charge in [0.15, 0.2) is 0 Å². The second kappa shape index (κ2) is 20.4. The molecule has 0 saturated carbocycles. The maximum atomic E-state index is 12.8. The van der Waals surface area contributed by atoms with E-state index in [1.54, 1.807) is 0 Å². The third-order valence-corrected chi connectivity index (χ3v) is 6.86. The normalized spacial score (nSPS) is 24.0. The van der Waals surface area contributed by atoms with Gasteiger partial charge in [0, 0.05) is 56.9 Å². The van der Waals surface area contributed by atoms with E-state index in [1.165, 1.54) is 19.6 Å². The predicted molar refractivity (Wildman–Crippen MR) is 144 cm³/mol. The summed E-state index contributed by atoms with van der Waals surface area (Å²) in [6, 6.07) is -3.86. The Hall–Kier alpha value is -2.52. The minimum Gasteiger partial charge on any atom is -0.480 e. The lowest BCUT2D eigenvalue weighted by molar-refractivity contribution is -0.144. The monoisotopic (exact) mass is 611 g/mol. The standard InChI is InChI=1S/C24H45N5O13/c30-2-4-42-3-1-25-21(35)9-26-5-18(14-32)28(11-23(38)39)7-20(16-34)29(12-24(40)41)8-19(15-33)27(10-22(36)37)6-17(26)13-31/h17-20,30-34H,1-16H2,(H,25,35)(H,36,37)(H,38,39)(H,40,41). The van der Waals surface area contributed by atoms with Crippen molar-refractivity contribution in [3.8, 4) is 0 Å². The fourth-order valence-electron chi connectivity index (χ4n) is 4.80. The summed E-state index contributed by atoms with van der Waals surface area (Å²) in [5, 5.41) is 81.1. The summed E-state index contributed by atoms with van der Waals surface area (Å²) in [4.78, 5) is 53.4. The van der Waals surface area contributed by atoms with Crippen LogP contribution in [0.15, 0.2) is 0 Å². The number of carbonyl (C=O) groups excluding carboxylic acids is 1. The van der Waals surface area contributed by atoms with Crippen LogP contribution in [0.3, 0.4) is 0 Å². The molecule has 9 N–H and O–H groups in total. The number of hydrogen-bond donors (Lipinski definition) is 9. The highest BCUT2D eigenvalue weighted by atomic mass is 16.5. The lowest BCUT2D eigenvalue weighted by Crippen LogP contribution is -2.62. The van der Waals surface area contributed by atoms with Crippen molar-refractivity contribution >= 4 is 23.8 Å². The average Bonchev–Trinajstić information content (AvgIpc) is 2.92. The van der Waals surface area contributed by atoms with Gasteiger partial charge in [0.05, 0.1) is 72.4 Å². The third-order valence-electron chi connectivity index (χ3n) is 6.86. The van der Waals surface area contributed by atoms with Gasteiger partial charge in [0.25, 0.3) is 0 Å². The number of rotatable bonds is 17. The summed E-state index contributed by atoms with van der Waals surface area (Å²) < 4.78 is 5.11. The SMILES string of the molecule is O=C(O)CN1CC(CO)N(CC(=O)O)CC(CO)N(CC(=O)NCCOCCO)CC(CO)N(CC(=O)O)CC1CO. The number of hydrogen-bond acceptors (Lipinski definition) is 14. The Kier molecular flexibility index (Phi) is 18.2. The topological polar surface area (TPSA) is 264 Å². The van der Waals surface area contributed by atoms with E-state index in [1.807, 2.05) is 0 Å². The van der Waals surface area contributed by atoms with E-state index in [-0.39, 0.29) is 59.1 Å². The average molecular weight is 612 g/mol. The molecule has 244 valence electrons. The summed E-state index contributed by atoms with van der Waals surface area (Å²) in [6.07, 6.45) is 0. The molecular formula is C24H45N5O13. The molecular weight excluding hydrogens is 566 g/mol. The second-order valence-corrected chi connectivity index (χ2v) is 9.93. The largest absolute Gasteiger partial charge is 0.480 e. The maximum absolute atomic E-state index is 12.8. The van der Waals surface area contributed by atoms with Gasteiger partial charge in [-0.3, -0.25) is 38.8 Å². The molecule has 1 aliphatic rings. The number of carbonyl (C=O) groups is 4. The minimum atomic E-state index is -1.28. The third kappa shape index (κ3) is 13.6. The lowest BCUT2D eigenvalue weighted by Gasteiger charge is -2.44. The van der Waals surface area contributed by atoms with Gasteiger partial charge in [-0.15, -0.1) is 0 Å². The summed E-state index contributed by atoms with van der Waals surface area (Å²) >= 11 is 0. The van der Waals surface area contributed by atoms with Gasteiger partial charge in [0.2, 0.25) is 5.91 Å². The van der Waals surface area contributed by atoms with Gasteiger partial charge in [-0.05, 0) is 0 Å². The number of aliphatic hydroxyl groups excluding tert-OH is 5. The Morgan fingerprint density at radius 1 is 0.571 bits per heavy atom. The van der Waals surface area contributed by atoms with Gasteiger partial charge in [-0.1, -0.05) is 0 Å². The molecule has 1 saturated heterocycles. The van der Waals surface area contributed by atoms with Crippen LogP contribution in [-0.4, -0.2) is 214 Å². The first-order valence-corrected chi connectivity index (χ1v) is 13.5. The molecule has 4 unspecified atom stereocenters. The summed E-state index contributed by atoms with van der Waals surface area (Å²) in [6.45, 7) is -5.37. The Bertz CT molecular complexity index is 825. The molecule has 0 radical (unpaired) electrons. The van der Waals surface area contributed by atoms with Crippen molar-refractivity contribution in [3.05, 3.63) is 0 Å². The van der Waals surface area contributed by atoms with Crippen LogP contribution in [0.4, 0.5) is 0 Å². The van der Waals surface area contributed by atoms with Crippen LogP contribution in [0, 0.1) is 0 Å². The maximum Gasteiger partial charge on any atom is 0.317 e. The lowest BCUT2D eigenvalue weighted by atomic mass is 10.1. The number of carboxylic acid groups (broad SMARTS) is 3. The van der Waals surface area contributed by atoms with Crippen LogP contribution in [0.25, 0.3) is 0 Å². The quantitative estimate of drug-likeness (QED) is 0.0693. The van der Waals surface area contributed by atoms with Gasteiger partial charge in [-0.2, -0.15) is 0 Å². The van der Waals surface area contributed by atoms with Crippen LogP contribution in [-0.2, 0) is 23.9 Å². The fraction of sp³-hybridized carbons (Fsp3) is 0.833. The fourth-order valence-corrected chi connectivity index (χ4v) is 4.80. The van der Waals surface area contributed by atoms with Crippen LogP contribution in [0.5, 0.6) is 0 Å². The summed E-state index contributed by atoms with van der Waals surface area (Å²) in [7, 11) is 0. The molecule has 0 bridgehead atoms. The molecule has 1 rings (SSSR count). The number of aliphatic hydroxyl groups is 5. The number of amides is 1. The van der Waals surface area contributed by atoms with E-state index < -0.39 is 94.0 Å². The molecule has 1 amide bonds. The molecule has 4 atom stereocenters. The first-order valence-electron chi connectivity index (χ1n) is 13.5. The summed E-state index contributed by atoms with van der Waals surface area (Å²) in [5.41, 5.74) is 0. The van der Waals surface area contributed by atoms with Crippen molar-refractivity contribution < 1.29 is 64.8 Å². The Morgan fingerprint density at radius 2 is 0.905 bits per heavy atom. The molecule has 0 spiro atoms. The van der Waals surface area contributed by atoms with Crippen molar-refractivity contribution in [1.82, 2.24) is 24.9 Å². The first-order chi connectivity index (χ1) is 20.0. The van der Waals surface area contributed by atoms with E-state index in [4.69, 9.17) is 9.84 Å². The molecule has 1 fully saturated rings. The highest BCUT2D eigenvalue weighted by molar-refractivity contribution is 5.78. The molecule has 42 heavy (non-hydrogen) atoms. The summed E-state index contributed by atoms with van der Waals surface area (Å²) in [5.74, 6) is -4.33.